The molecule has 0 spiro atoms. The highest BCUT2D eigenvalue weighted by molar-refractivity contribution is 7.10. The zero-order valence-corrected chi connectivity index (χ0v) is 13.4. The second-order valence-electron chi connectivity index (χ2n) is 5.53. The molecular formula is C18H21NO2S. The first-order valence-corrected chi connectivity index (χ1v) is 8.73. The van der Waals surface area contributed by atoms with Crippen LogP contribution in [0.5, 0.6) is 5.75 Å². The molecule has 1 saturated heterocycles. The van der Waals surface area contributed by atoms with E-state index >= 15 is 0 Å². The number of amides is 1. The van der Waals surface area contributed by atoms with E-state index in [2.05, 4.69) is 17.5 Å². The fraction of sp³-hybridized carbons (Fsp3) is 0.389. The molecule has 2 heterocycles. The Labute approximate surface area is 135 Å². The van der Waals surface area contributed by atoms with E-state index in [1.165, 1.54) is 4.88 Å². The van der Waals surface area contributed by atoms with Crippen LogP contribution in [0, 0.1) is 0 Å². The molecule has 1 aromatic heterocycles. The Kier molecular flexibility index (Phi) is 5.11. The maximum absolute atomic E-state index is 12.4. The van der Waals surface area contributed by atoms with E-state index in [-0.39, 0.29) is 5.91 Å². The summed E-state index contributed by atoms with van der Waals surface area (Å²) >= 11 is 1.75. The predicted molar refractivity (Wildman–Crippen MR) is 89.2 cm³/mol. The van der Waals surface area contributed by atoms with Gasteiger partial charge in [-0.2, -0.15) is 0 Å². The van der Waals surface area contributed by atoms with Gasteiger partial charge in [-0.1, -0.05) is 24.3 Å². The molecule has 1 unspecified atom stereocenters. The molecule has 4 heteroatoms. The predicted octanol–water partition coefficient (Wildman–Crippen LogP) is 4.27. The van der Waals surface area contributed by atoms with Gasteiger partial charge >= 0.3 is 0 Å². The summed E-state index contributed by atoms with van der Waals surface area (Å²) in [5.41, 5.74) is 0. The Morgan fingerprint density at radius 1 is 1.23 bits per heavy atom. The van der Waals surface area contributed by atoms with Gasteiger partial charge in [0.25, 0.3) is 0 Å². The van der Waals surface area contributed by atoms with Gasteiger partial charge in [-0.25, -0.2) is 0 Å². The van der Waals surface area contributed by atoms with E-state index in [0.29, 0.717) is 19.1 Å². The molecule has 0 saturated carbocycles. The molecule has 3 nitrogen and oxygen atoms in total. The topological polar surface area (TPSA) is 29.5 Å². The van der Waals surface area contributed by atoms with Gasteiger partial charge in [-0.05, 0) is 42.8 Å². The lowest BCUT2D eigenvalue weighted by Gasteiger charge is -2.24. The maximum Gasteiger partial charge on any atom is 0.223 e. The van der Waals surface area contributed by atoms with Gasteiger partial charge in [0.15, 0.2) is 0 Å². The number of carbonyl (C=O) groups is 1. The van der Waals surface area contributed by atoms with Gasteiger partial charge in [-0.15, -0.1) is 11.3 Å². The number of benzene rings is 1. The molecule has 3 rings (SSSR count). The third-order valence-corrected chi connectivity index (χ3v) is 4.97. The second-order valence-corrected chi connectivity index (χ2v) is 6.50. The van der Waals surface area contributed by atoms with Gasteiger partial charge in [0.05, 0.1) is 12.6 Å². The fourth-order valence-electron chi connectivity index (χ4n) is 2.92. The number of likely N-dealkylation sites (tertiary alicyclic amines) is 1. The molecule has 1 fully saturated rings. The average molecular weight is 315 g/mol. The van der Waals surface area contributed by atoms with Gasteiger partial charge in [-0.3, -0.25) is 4.79 Å². The van der Waals surface area contributed by atoms with E-state index in [0.717, 1.165) is 31.6 Å². The monoisotopic (exact) mass is 315 g/mol. The molecule has 1 aliphatic rings. The Hall–Kier alpha value is -1.81. The molecule has 1 aliphatic heterocycles. The van der Waals surface area contributed by atoms with Crippen LogP contribution in [0.2, 0.25) is 0 Å². The number of rotatable bonds is 6. The van der Waals surface area contributed by atoms with Crippen molar-refractivity contribution in [2.45, 2.75) is 31.7 Å². The molecule has 22 heavy (non-hydrogen) atoms. The van der Waals surface area contributed by atoms with E-state index in [1.807, 2.05) is 35.2 Å². The minimum Gasteiger partial charge on any atom is -0.494 e. The first kappa shape index (κ1) is 15.1. The van der Waals surface area contributed by atoms with Crippen LogP contribution in [0.1, 0.15) is 36.6 Å². The first-order valence-electron chi connectivity index (χ1n) is 7.85. The summed E-state index contributed by atoms with van der Waals surface area (Å²) < 4.78 is 5.65. The molecule has 2 aromatic rings. The number of para-hydroxylation sites is 1. The van der Waals surface area contributed by atoms with Crippen LogP contribution in [0.4, 0.5) is 0 Å². The Balaban J connectivity index is 1.45. The van der Waals surface area contributed by atoms with Crippen molar-refractivity contribution in [3.8, 4) is 5.75 Å². The molecule has 0 bridgehead atoms. The minimum absolute atomic E-state index is 0.257. The Morgan fingerprint density at radius 3 is 2.86 bits per heavy atom. The van der Waals surface area contributed by atoms with Crippen molar-refractivity contribution in [2.24, 2.45) is 0 Å². The van der Waals surface area contributed by atoms with Crippen molar-refractivity contribution < 1.29 is 9.53 Å². The highest BCUT2D eigenvalue weighted by atomic mass is 32.1. The SMILES string of the molecule is O=C(CCCOc1ccccc1)N1CCCC1c1cccs1. The summed E-state index contributed by atoms with van der Waals surface area (Å²) in [5, 5.41) is 2.09. The number of ether oxygens (including phenoxy) is 1. The van der Waals surface area contributed by atoms with Gasteiger partial charge in [0.2, 0.25) is 5.91 Å². The lowest BCUT2D eigenvalue weighted by molar-refractivity contribution is -0.132. The maximum atomic E-state index is 12.4. The third-order valence-electron chi connectivity index (χ3n) is 3.99. The largest absolute Gasteiger partial charge is 0.494 e. The standard InChI is InChI=1S/C18H21NO2S/c20-18(11-5-13-21-15-7-2-1-3-8-15)19-12-4-9-16(19)17-10-6-14-22-17/h1-3,6-8,10,14,16H,4-5,9,11-13H2. The Bertz CT molecular complexity index is 582. The first-order chi connectivity index (χ1) is 10.8. The van der Waals surface area contributed by atoms with E-state index in [9.17, 15) is 4.79 Å². The zero-order valence-electron chi connectivity index (χ0n) is 12.6. The zero-order chi connectivity index (χ0) is 15.2. The summed E-state index contributed by atoms with van der Waals surface area (Å²) in [5.74, 6) is 1.13. The average Bonchev–Trinajstić information content (AvgIpc) is 3.22. The van der Waals surface area contributed by atoms with Crippen molar-refractivity contribution >= 4 is 17.2 Å². The second kappa shape index (κ2) is 7.45. The molecule has 116 valence electrons. The van der Waals surface area contributed by atoms with Crippen LogP contribution in [-0.4, -0.2) is 24.0 Å². The summed E-state index contributed by atoms with van der Waals surface area (Å²) in [4.78, 5) is 15.8. The van der Waals surface area contributed by atoms with Crippen molar-refractivity contribution in [3.05, 3.63) is 52.7 Å². The van der Waals surface area contributed by atoms with E-state index in [1.54, 1.807) is 11.3 Å². The number of carbonyl (C=O) groups excluding carboxylic acids is 1. The quantitative estimate of drug-likeness (QED) is 0.745. The summed E-state index contributed by atoms with van der Waals surface area (Å²) in [6, 6.07) is 14.3. The third kappa shape index (κ3) is 3.69. The molecule has 0 aliphatic carbocycles. The number of thiophene rings is 1. The smallest absolute Gasteiger partial charge is 0.223 e. The summed E-state index contributed by atoms with van der Waals surface area (Å²) in [6.07, 6.45) is 3.53. The molecular weight excluding hydrogens is 294 g/mol. The van der Waals surface area contributed by atoms with Crippen molar-refractivity contribution in [3.63, 3.8) is 0 Å². The number of hydrogen-bond acceptors (Lipinski definition) is 3. The summed E-state index contributed by atoms with van der Waals surface area (Å²) in [6.45, 7) is 1.48. The fourth-order valence-corrected chi connectivity index (χ4v) is 3.79. The molecule has 1 atom stereocenters. The molecule has 0 N–H and O–H groups in total. The van der Waals surface area contributed by atoms with Crippen LogP contribution in [0.3, 0.4) is 0 Å². The number of hydrogen-bond donors (Lipinski definition) is 0. The van der Waals surface area contributed by atoms with Crippen molar-refractivity contribution in [1.29, 1.82) is 0 Å². The van der Waals surface area contributed by atoms with E-state index < -0.39 is 0 Å². The molecule has 0 radical (unpaired) electrons. The number of nitrogens with zero attached hydrogens (tertiary/aromatic N) is 1. The lowest BCUT2D eigenvalue weighted by atomic mass is 10.2. The van der Waals surface area contributed by atoms with Gasteiger partial charge in [0, 0.05) is 17.8 Å². The molecule has 1 aromatic carbocycles. The normalized spacial score (nSPS) is 17.6. The van der Waals surface area contributed by atoms with Crippen LogP contribution < -0.4 is 4.74 Å². The van der Waals surface area contributed by atoms with Crippen LogP contribution in [0.25, 0.3) is 0 Å². The Morgan fingerprint density at radius 2 is 2.09 bits per heavy atom. The highest BCUT2D eigenvalue weighted by Crippen LogP contribution is 2.34. The lowest BCUT2D eigenvalue weighted by Crippen LogP contribution is -2.30. The van der Waals surface area contributed by atoms with Crippen LogP contribution in [-0.2, 0) is 4.79 Å². The van der Waals surface area contributed by atoms with Gasteiger partial charge in [0.1, 0.15) is 5.75 Å². The van der Waals surface area contributed by atoms with Crippen LogP contribution in [0.15, 0.2) is 47.8 Å². The van der Waals surface area contributed by atoms with Gasteiger partial charge < -0.3 is 9.64 Å². The van der Waals surface area contributed by atoms with Crippen molar-refractivity contribution in [1.82, 2.24) is 4.90 Å². The van der Waals surface area contributed by atoms with Crippen LogP contribution >= 0.6 is 11.3 Å². The minimum atomic E-state index is 0.257. The van der Waals surface area contributed by atoms with Crippen molar-refractivity contribution in [2.75, 3.05) is 13.2 Å². The highest BCUT2D eigenvalue weighted by Gasteiger charge is 2.29. The molecule has 1 amide bonds. The van der Waals surface area contributed by atoms with E-state index in [4.69, 9.17) is 4.74 Å². The summed E-state index contributed by atoms with van der Waals surface area (Å²) in [7, 11) is 0.